The minimum Gasteiger partial charge on any atom is -0.497 e. The molecule has 0 saturated heterocycles. The van der Waals surface area contributed by atoms with Gasteiger partial charge in [0.2, 0.25) is 0 Å². The fourth-order valence-electron chi connectivity index (χ4n) is 2.51. The van der Waals surface area contributed by atoms with Crippen LogP contribution in [0.3, 0.4) is 0 Å². The maximum absolute atomic E-state index is 12.0. The van der Waals surface area contributed by atoms with Crippen LogP contribution in [0.4, 0.5) is 0 Å². The van der Waals surface area contributed by atoms with Gasteiger partial charge in [0.1, 0.15) is 5.75 Å². The molecule has 0 fully saturated rings. The smallest absolute Gasteiger partial charge is 0.421 e. The summed E-state index contributed by atoms with van der Waals surface area (Å²) in [6.07, 6.45) is 0. The molecule has 0 bridgehead atoms. The van der Waals surface area contributed by atoms with E-state index in [1.807, 2.05) is 36.2 Å². The van der Waals surface area contributed by atoms with Crippen molar-refractivity contribution in [3.8, 4) is 5.75 Å². The van der Waals surface area contributed by atoms with Gasteiger partial charge in [0.05, 0.1) is 19.3 Å². The number of methoxy groups -OCH3 is 1. The molecule has 0 aliphatic heterocycles. The number of halogens is 1. The second-order valence-corrected chi connectivity index (χ2v) is 5.85. The van der Waals surface area contributed by atoms with Crippen molar-refractivity contribution in [2.45, 2.75) is 13.2 Å². The minimum absolute atomic E-state index is 0.385. The van der Waals surface area contributed by atoms with E-state index in [-0.39, 0.29) is 5.76 Å². The molecular formula is C17H17ClN2O3. The molecule has 0 N–H and O–H groups in total. The number of ether oxygens (including phenoxy) is 1. The van der Waals surface area contributed by atoms with Crippen LogP contribution in [0.15, 0.2) is 51.7 Å². The Morgan fingerprint density at radius 2 is 1.96 bits per heavy atom. The number of benzene rings is 2. The van der Waals surface area contributed by atoms with E-state index in [0.717, 1.165) is 16.8 Å². The molecule has 1 aromatic heterocycles. The van der Waals surface area contributed by atoms with E-state index in [2.05, 4.69) is 0 Å². The van der Waals surface area contributed by atoms with Gasteiger partial charge in [-0.05, 0) is 36.9 Å². The highest BCUT2D eigenvalue weighted by atomic mass is 35.5. The van der Waals surface area contributed by atoms with Crippen molar-refractivity contribution in [3.05, 3.63) is 63.6 Å². The lowest BCUT2D eigenvalue weighted by Crippen LogP contribution is -2.27. The van der Waals surface area contributed by atoms with Gasteiger partial charge in [-0.2, -0.15) is 0 Å². The van der Waals surface area contributed by atoms with E-state index >= 15 is 0 Å². The second-order valence-electron chi connectivity index (χ2n) is 5.41. The van der Waals surface area contributed by atoms with Gasteiger partial charge >= 0.3 is 5.76 Å². The zero-order chi connectivity index (χ0) is 16.4. The highest BCUT2D eigenvalue weighted by molar-refractivity contribution is 6.31. The maximum atomic E-state index is 12.0. The zero-order valence-corrected chi connectivity index (χ0v) is 13.7. The SMILES string of the molecule is COc1ccc(CN(C)Cn2c(=O)oc3cc(Cl)ccc32)cc1. The quantitative estimate of drug-likeness (QED) is 0.719. The first kappa shape index (κ1) is 15.6. The first-order chi connectivity index (χ1) is 11.1. The van der Waals surface area contributed by atoms with E-state index < -0.39 is 0 Å². The van der Waals surface area contributed by atoms with Crippen molar-refractivity contribution >= 4 is 22.7 Å². The van der Waals surface area contributed by atoms with Crippen LogP contribution in [0.5, 0.6) is 5.75 Å². The van der Waals surface area contributed by atoms with Crippen LogP contribution in [0.25, 0.3) is 11.1 Å². The Morgan fingerprint density at radius 3 is 2.65 bits per heavy atom. The van der Waals surface area contributed by atoms with Crippen molar-refractivity contribution in [1.82, 2.24) is 9.47 Å². The van der Waals surface area contributed by atoms with E-state index in [1.165, 1.54) is 0 Å². The van der Waals surface area contributed by atoms with Crippen LogP contribution in [0.2, 0.25) is 5.02 Å². The Morgan fingerprint density at radius 1 is 1.22 bits per heavy atom. The molecule has 0 saturated carbocycles. The van der Waals surface area contributed by atoms with E-state index in [9.17, 15) is 4.79 Å². The molecular weight excluding hydrogens is 316 g/mol. The summed E-state index contributed by atoms with van der Waals surface area (Å²) in [7, 11) is 3.59. The molecule has 3 aromatic rings. The molecule has 0 spiro atoms. The van der Waals surface area contributed by atoms with E-state index in [4.69, 9.17) is 20.8 Å². The molecule has 0 amide bonds. The third-order valence-corrected chi connectivity index (χ3v) is 3.86. The number of hydrogen-bond acceptors (Lipinski definition) is 4. The molecule has 23 heavy (non-hydrogen) atoms. The molecule has 0 atom stereocenters. The molecule has 5 nitrogen and oxygen atoms in total. The molecule has 1 heterocycles. The van der Waals surface area contributed by atoms with Gasteiger partial charge in [0.15, 0.2) is 5.58 Å². The average Bonchev–Trinajstić information content (AvgIpc) is 2.83. The lowest BCUT2D eigenvalue weighted by atomic mass is 10.2. The van der Waals surface area contributed by atoms with Crippen molar-refractivity contribution in [3.63, 3.8) is 0 Å². The van der Waals surface area contributed by atoms with E-state index in [0.29, 0.717) is 23.8 Å². The van der Waals surface area contributed by atoms with Crippen LogP contribution in [0, 0.1) is 0 Å². The van der Waals surface area contributed by atoms with Crippen molar-refractivity contribution < 1.29 is 9.15 Å². The van der Waals surface area contributed by atoms with Gasteiger partial charge in [-0.3, -0.25) is 9.47 Å². The van der Waals surface area contributed by atoms with Crippen molar-refractivity contribution in [2.24, 2.45) is 0 Å². The Kier molecular flexibility index (Phi) is 4.41. The summed E-state index contributed by atoms with van der Waals surface area (Å²) in [5.41, 5.74) is 2.37. The summed E-state index contributed by atoms with van der Waals surface area (Å²) >= 11 is 5.93. The lowest BCUT2D eigenvalue weighted by Gasteiger charge is -2.17. The Labute approximate surface area is 138 Å². The summed E-state index contributed by atoms with van der Waals surface area (Å²) in [4.78, 5) is 14.1. The molecule has 0 aliphatic carbocycles. The van der Waals surface area contributed by atoms with Crippen molar-refractivity contribution in [2.75, 3.05) is 14.2 Å². The predicted molar refractivity (Wildman–Crippen MR) is 89.9 cm³/mol. The molecule has 0 unspecified atom stereocenters. The van der Waals surface area contributed by atoms with Crippen LogP contribution >= 0.6 is 11.6 Å². The molecule has 120 valence electrons. The molecule has 0 aliphatic rings. The number of fused-ring (bicyclic) bond motifs is 1. The molecule has 0 radical (unpaired) electrons. The number of oxazole rings is 1. The normalized spacial score (nSPS) is 11.3. The summed E-state index contributed by atoms with van der Waals surface area (Å²) in [6.45, 7) is 1.14. The topological polar surface area (TPSA) is 47.6 Å². The lowest BCUT2D eigenvalue weighted by molar-refractivity contribution is 0.253. The fourth-order valence-corrected chi connectivity index (χ4v) is 2.67. The van der Waals surface area contributed by atoms with Crippen LogP contribution < -0.4 is 10.5 Å². The van der Waals surface area contributed by atoms with Gasteiger partial charge in [0.25, 0.3) is 0 Å². The van der Waals surface area contributed by atoms with Gasteiger partial charge in [-0.15, -0.1) is 0 Å². The van der Waals surface area contributed by atoms with Crippen LogP contribution in [-0.4, -0.2) is 23.6 Å². The average molecular weight is 333 g/mol. The van der Waals surface area contributed by atoms with Crippen LogP contribution in [0.1, 0.15) is 5.56 Å². The standard InChI is InChI=1S/C17H17ClN2O3/c1-19(10-12-3-6-14(22-2)7-4-12)11-20-15-8-5-13(18)9-16(15)23-17(20)21/h3-9H,10-11H2,1-2H3. The summed E-state index contributed by atoms with van der Waals surface area (Å²) in [5.74, 6) is 0.439. The predicted octanol–water partition coefficient (Wildman–Crippen LogP) is 3.35. The van der Waals surface area contributed by atoms with Gasteiger partial charge in [-0.1, -0.05) is 23.7 Å². The first-order valence-corrected chi connectivity index (χ1v) is 7.55. The van der Waals surface area contributed by atoms with Crippen LogP contribution in [-0.2, 0) is 13.2 Å². The van der Waals surface area contributed by atoms with E-state index in [1.54, 1.807) is 29.9 Å². The third-order valence-electron chi connectivity index (χ3n) is 3.62. The first-order valence-electron chi connectivity index (χ1n) is 7.17. The Balaban J connectivity index is 1.78. The summed E-state index contributed by atoms with van der Waals surface area (Å²) < 4.78 is 12.0. The molecule has 6 heteroatoms. The van der Waals surface area contributed by atoms with Gasteiger partial charge < -0.3 is 9.15 Å². The van der Waals surface area contributed by atoms with Gasteiger partial charge in [-0.25, -0.2) is 4.79 Å². The largest absolute Gasteiger partial charge is 0.497 e. The Hall–Kier alpha value is -2.24. The van der Waals surface area contributed by atoms with Gasteiger partial charge in [0, 0.05) is 17.6 Å². The van der Waals surface area contributed by atoms with Crippen molar-refractivity contribution in [1.29, 1.82) is 0 Å². The Bertz CT molecular complexity index is 868. The monoisotopic (exact) mass is 332 g/mol. The highest BCUT2D eigenvalue weighted by Gasteiger charge is 2.11. The highest BCUT2D eigenvalue weighted by Crippen LogP contribution is 2.19. The second kappa shape index (κ2) is 6.48. The number of hydrogen-bond donors (Lipinski definition) is 0. The third kappa shape index (κ3) is 3.41. The summed E-state index contributed by atoms with van der Waals surface area (Å²) in [6, 6.07) is 13.0. The maximum Gasteiger partial charge on any atom is 0.421 e. The summed E-state index contributed by atoms with van der Waals surface area (Å²) in [5, 5.41) is 0.546. The molecule has 2 aromatic carbocycles. The zero-order valence-electron chi connectivity index (χ0n) is 13.0. The number of rotatable bonds is 5. The molecule has 3 rings (SSSR count). The fraction of sp³-hybridized carbons (Fsp3) is 0.235. The minimum atomic E-state index is -0.385. The number of aromatic nitrogens is 1. The number of nitrogens with zero attached hydrogens (tertiary/aromatic N) is 2.